The van der Waals surface area contributed by atoms with Crippen LogP contribution in [0.2, 0.25) is 0 Å². The van der Waals surface area contributed by atoms with Gasteiger partial charge in [0.05, 0.1) is 12.3 Å². The molecule has 0 saturated carbocycles. The smallest absolute Gasteiger partial charge is 0.215 e. The summed E-state index contributed by atoms with van der Waals surface area (Å²) in [5.74, 6) is 1.59. The molecule has 1 heterocycles. The van der Waals surface area contributed by atoms with E-state index < -0.39 is 10.0 Å². The summed E-state index contributed by atoms with van der Waals surface area (Å²) >= 11 is 0. The quantitative estimate of drug-likeness (QED) is 0.496. The molecule has 0 aliphatic carbocycles. The first-order chi connectivity index (χ1) is 12.5. The number of hydrogen-bond donors (Lipinski definition) is 2. The summed E-state index contributed by atoms with van der Waals surface area (Å²) in [5, 5.41) is 6.25. The molecule has 0 amide bonds. The van der Waals surface area contributed by atoms with Crippen LogP contribution in [-0.2, 0) is 16.4 Å². The van der Waals surface area contributed by atoms with Crippen molar-refractivity contribution in [2.75, 3.05) is 38.5 Å². The Kier molecular flexibility index (Phi) is 7.71. The number of guanidine groups is 1. The first kappa shape index (κ1) is 20.5. The van der Waals surface area contributed by atoms with Crippen LogP contribution in [0, 0.1) is 0 Å². The van der Waals surface area contributed by atoms with Crippen molar-refractivity contribution in [2.24, 2.45) is 4.99 Å². The predicted molar refractivity (Wildman–Crippen MR) is 105 cm³/mol. The molecule has 1 unspecified atom stereocenters. The number of nitrogens with zero attached hydrogens (tertiary/aromatic N) is 2. The Morgan fingerprint density at radius 3 is 2.62 bits per heavy atom. The van der Waals surface area contributed by atoms with Crippen LogP contribution in [0.3, 0.4) is 0 Å². The summed E-state index contributed by atoms with van der Waals surface area (Å²) in [4.78, 5) is 4.54. The van der Waals surface area contributed by atoms with Gasteiger partial charge in [-0.2, -0.15) is 0 Å². The van der Waals surface area contributed by atoms with Crippen molar-refractivity contribution in [3.63, 3.8) is 0 Å². The van der Waals surface area contributed by atoms with Gasteiger partial charge in [-0.1, -0.05) is 32.0 Å². The minimum atomic E-state index is -3.24. The molecule has 0 aromatic heterocycles. The Balaban J connectivity index is 1.86. The monoisotopic (exact) mass is 382 g/mol. The highest BCUT2D eigenvalue weighted by Gasteiger charge is 2.22. The van der Waals surface area contributed by atoms with Crippen LogP contribution in [-0.4, -0.2) is 63.3 Å². The van der Waals surface area contributed by atoms with Crippen LogP contribution in [0.5, 0.6) is 5.75 Å². The molecule has 0 spiro atoms. The summed E-state index contributed by atoms with van der Waals surface area (Å²) in [5.41, 5.74) is 1.20. The average molecular weight is 383 g/mol. The number of ether oxygens (including phenoxy) is 1. The average Bonchev–Trinajstić information content (AvgIpc) is 3.03. The summed E-state index contributed by atoms with van der Waals surface area (Å²) in [6.07, 6.45) is 0.859. The lowest BCUT2D eigenvalue weighted by atomic mass is 10.1. The summed E-state index contributed by atoms with van der Waals surface area (Å²) in [6.45, 7) is 8.20. The van der Waals surface area contributed by atoms with Gasteiger partial charge >= 0.3 is 0 Å². The zero-order valence-corrected chi connectivity index (χ0v) is 16.7. The van der Waals surface area contributed by atoms with E-state index in [4.69, 9.17) is 4.74 Å². The minimum absolute atomic E-state index is 0.0160. The van der Waals surface area contributed by atoms with Crippen molar-refractivity contribution in [3.8, 4) is 5.75 Å². The predicted octanol–water partition coefficient (Wildman–Crippen LogP) is 1.22. The number of hydrogen-bond acceptors (Lipinski definition) is 4. The number of nitrogens with one attached hydrogen (secondary N) is 2. The van der Waals surface area contributed by atoms with Gasteiger partial charge in [0.25, 0.3) is 0 Å². The molecule has 0 saturated heterocycles. The van der Waals surface area contributed by atoms with E-state index in [1.54, 1.807) is 0 Å². The number of benzene rings is 1. The highest BCUT2D eigenvalue weighted by molar-refractivity contribution is 7.89. The molecule has 8 heteroatoms. The lowest BCUT2D eigenvalue weighted by Crippen LogP contribution is -2.42. The van der Waals surface area contributed by atoms with Gasteiger partial charge in [0, 0.05) is 32.6 Å². The van der Waals surface area contributed by atoms with Gasteiger partial charge in [0.15, 0.2) is 5.96 Å². The van der Waals surface area contributed by atoms with Crippen molar-refractivity contribution in [1.29, 1.82) is 0 Å². The zero-order chi connectivity index (χ0) is 19.0. The Morgan fingerprint density at radius 1 is 1.23 bits per heavy atom. The third kappa shape index (κ3) is 5.60. The SMILES string of the molecule is CCNC(=NCC1Cc2ccccc2O1)NCCS(=O)(=O)N(CC)CC. The molecule has 0 fully saturated rings. The normalized spacial score (nSPS) is 17.1. The molecule has 1 aromatic rings. The fraction of sp³-hybridized carbons (Fsp3) is 0.611. The third-order valence-electron chi connectivity index (χ3n) is 4.26. The second-order valence-corrected chi connectivity index (χ2v) is 8.19. The fourth-order valence-electron chi connectivity index (χ4n) is 2.94. The van der Waals surface area contributed by atoms with Crippen LogP contribution in [0.4, 0.5) is 0 Å². The molecular weight excluding hydrogens is 352 g/mol. The van der Waals surface area contributed by atoms with Crippen molar-refractivity contribution >= 4 is 16.0 Å². The van der Waals surface area contributed by atoms with E-state index in [2.05, 4.69) is 21.7 Å². The maximum atomic E-state index is 12.2. The fourth-order valence-corrected chi connectivity index (χ4v) is 4.34. The Morgan fingerprint density at radius 2 is 1.96 bits per heavy atom. The minimum Gasteiger partial charge on any atom is -0.488 e. The molecule has 2 N–H and O–H groups in total. The molecule has 1 atom stereocenters. The first-order valence-electron chi connectivity index (χ1n) is 9.24. The number of fused-ring (bicyclic) bond motifs is 1. The third-order valence-corrected chi connectivity index (χ3v) is 6.29. The van der Waals surface area contributed by atoms with Crippen LogP contribution in [0.25, 0.3) is 0 Å². The van der Waals surface area contributed by atoms with Crippen molar-refractivity contribution in [3.05, 3.63) is 29.8 Å². The van der Waals surface area contributed by atoms with E-state index in [9.17, 15) is 8.42 Å². The standard InChI is InChI=1S/C18H30N4O3S/c1-4-19-18(20-11-12-26(23,24)22(5-2)6-3)21-14-16-13-15-9-7-8-10-17(15)25-16/h7-10,16H,4-6,11-14H2,1-3H3,(H2,19,20,21). The topological polar surface area (TPSA) is 83.0 Å². The molecular formula is C18H30N4O3S. The van der Waals surface area contributed by atoms with Gasteiger partial charge < -0.3 is 15.4 Å². The lowest BCUT2D eigenvalue weighted by molar-refractivity contribution is 0.241. The van der Waals surface area contributed by atoms with Gasteiger partial charge in [0.1, 0.15) is 11.9 Å². The first-order valence-corrected chi connectivity index (χ1v) is 10.9. The summed E-state index contributed by atoms with van der Waals surface area (Å²) in [6, 6.07) is 8.02. The van der Waals surface area contributed by atoms with Crippen LogP contribution in [0.1, 0.15) is 26.3 Å². The number of rotatable bonds is 9. The lowest BCUT2D eigenvalue weighted by Gasteiger charge is -2.19. The van der Waals surface area contributed by atoms with Crippen molar-refractivity contribution in [2.45, 2.75) is 33.3 Å². The largest absolute Gasteiger partial charge is 0.488 e. The maximum Gasteiger partial charge on any atom is 0.215 e. The second kappa shape index (κ2) is 9.78. The molecule has 26 heavy (non-hydrogen) atoms. The highest BCUT2D eigenvalue weighted by atomic mass is 32.2. The second-order valence-electron chi connectivity index (χ2n) is 6.10. The molecule has 2 rings (SSSR count). The zero-order valence-electron chi connectivity index (χ0n) is 15.9. The van der Waals surface area contributed by atoms with E-state index >= 15 is 0 Å². The summed E-state index contributed by atoms with van der Waals surface area (Å²) in [7, 11) is -3.24. The molecule has 146 valence electrons. The number of para-hydroxylation sites is 1. The highest BCUT2D eigenvalue weighted by Crippen LogP contribution is 2.28. The van der Waals surface area contributed by atoms with E-state index in [1.807, 2.05) is 39.0 Å². The molecule has 0 bridgehead atoms. The van der Waals surface area contributed by atoms with Crippen molar-refractivity contribution < 1.29 is 13.2 Å². The van der Waals surface area contributed by atoms with Crippen LogP contribution in [0.15, 0.2) is 29.3 Å². The molecule has 0 radical (unpaired) electrons. The van der Waals surface area contributed by atoms with Crippen molar-refractivity contribution in [1.82, 2.24) is 14.9 Å². The van der Waals surface area contributed by atoms with E-state index in [0.29, 0.717) is 38.7 Å². The molecule has 1 aliphatic rings. The Labute approximate surface area is 156 Å². The van der Waals surface area contributed by atoms with Crippen LogP contribution >= 0.6 is 0 Å². The van der Waals surface area contributed by atoms with Gasteiger partial charge in [0.2, 0.25) is 10.0 Å². The molecule has 1 aromatic carbocycles. The van der Waals surface area contributed by atoms with Gasteiger partial charge in [-0.25, -0.2) is 17.7 Å². The maximum absolute atomic E-state index is 12.2. The van der Waals surface area contributed by atoms with E-state index in [1.165, 1.54) is 9.87 Å². The Hall–Kier alpha value is -1.80. The molecule has 1 aliphatic heterocycles. The van der Waals surface area contributed by atoms with Gasteiger partial charge in [-0.15, -0.1) is 0 Å². The molecule has 7 nitrogen and oxygen atoms in total. The summed E-state index contributed by atoms with van der Waals surface area (Å²) < 4.78 is 31.8. The van der Waals surface area contributed by atoms with E-state index in [0.717, 1.165) is 12.2 Å². The van der Waals surface area contributed by atoms with Gasteiger partial charge in [-0.3, -0.25) is 0 Å². The van der Waals surface area contributed by atoms with Gasteiger partial charge in [-0.05, 0) is 18.6 Å². The number of aliphatic imine (C=N–C) groups is 1. The number of sulfonamides is 1. The van der Waals surface area contributed by atoms with E-state index in [-0.39, 0.29) is 11.9 Å². The Bertz CT molecular complexity index is 677. The van der Waals surface area contributed by atoms with Crippen LogP contribution < -0.4 is 15.4 Å².